The summed E-state index contributed by atoms with van der Waals surface area (Å²) >= 11 is 6.08. The molecule has 1 heterocycles. The van der Waals surface area contributed by atoms with Crippen LogP contribution in [0.4, 0.5) is 0 Å². The topological polar surface area (TPSA) is 44.1 Å². The van der Waals surface area contributed by atoms with E-state index >= 15 is 0 Å². The lowest BCUT2D eigenvalue weighted by atomic mass is 10.1. The van der Waals surface area contributed by atoms with Crippen LogP contribution in [0.25, 0.3) is 0 Å². The van der Waals surface area contributed by atoms with Gasteiger partial charge in [-0.3, -0.25) is 4.79 Å². The highest BCUT2D eigenvalue weighted by molar-refractivity contribution is 6.31. The molecule has 112 valence electrons. The van der Waals surface area contributed by atoms with Gasteiger partial charge in [0.1, 0.15) is 6.61 Å². The van der Waals surface area contributed by atoms with Crippen molar-refractivity contribution in [2.45, 2.75) is 39.8 Å². The third kappa shape index (κ3) is 4.08. The van der Waals surface area contributed by atoms with Gasteiger partial charge in [0.2, 0.25) is 0 Å². The van der Waals surface area contributed by atoms with Crippen molar-refractivity contribution >= 4 is 11.6 Å². The molecule has 0 unspecified atom stereocenters. The molecule has 0 N–H and O–H groups in total. The first-order valence-electron chi connectivity index (χ1n) is 7.05. The predicted molar refractivity (Wildman–Crippen MR) is 83.9 cm³/mol. The van der Waals surface area contributed by atoms with Crippen molar-refractivity contribution in [3.8, 4) is 5.75 Å². The average Bonchev–Trinajstić information content (AvgIpc) is 2.48. The standard InChI is InChI=1S/C16H19ClN2O2/c1-3-4-8-19-16(20)15(17)14(10-18-19)21-11-13-7-5-6-12(2)9-13/h5-7,9-10H,3-4,8,11H2,1-2H3. The predicted octanol–water partition coefficient (Wildman–Crippen LogP) is 3.58. The summed E-state index contributed by atoms with van der Waals surface area (Å²) in [5.74, 6) is 0.330. The Labute approximate surface area is 129 Å². The first kappa shape index (κ1) is 15.6. The minimum Gasteiger partial charge on any atom is -0.485 e. The van der Waals surface area contributed by atoms with Gasteiger partial charge in [0, 0.05) is 6.54 Å². The van der Waals surface area contributed by atoms with Crippen LogP contribution >= 0.6 is 11.6 Å². The van der Waals surface area contributed by atoms with E-state index in [1.807, 2.05) is 31.2 Å². The monoisotopic (exact) mass is 306 g/mol. The number of aryl methyl sites for hydroxylation is 2. The highest BCUT2D eigenvalue weighted by atomic mass is 35.5. The second-order valence-electron chi connectivity index (χ2n) is 4.98. The molecule has 0 bridgehead atoms. The maximum absolute atomic E-state index is 12.0. The summed E-state index contributed by atoms with van der Waals surface area (Å²) in [4.78, 5) is 12.0. The fourth-order valence-corrected chi connectivity index (χ4v) is 2.18. The van der Waals surface area contributed by atoms with Crippen molar-refractivity contribution in [2.24, 2.45) is 0 Å². The molecule has 0 atom stereocenters. The molecule has 0 aliphatic heterocycles. The van der Waals surface area contributed by atoms with E-state index in [-0.39, 0.29) is 10.6 Å². The molecule has 5 heteroatoms. The van der Waals surface area contributed by atoms with Crippen LogP contribution in [0.3, 0.4) is 0 Å². The van der Waals surface area contributed by atoms with E-state index in [2.05, 4.69) is 12.0 Å². The van der Waals surface area contributed by atoms with Gasteiger partial charge in [-0.1, -0.05) is 54.8 Å². The third-order valence-corrected chi connectivity index (χ3v) is 3.50. The number of rotatable bonds is 6. The van der Waals surface area contributed by atoms with Crippen molar-refractivity contribution in [1.82, 2.24) is 9.78 Å². The van der Waals surface area contributed by atoms with E-state index in [1.165, 1.54) is 10.9 Å². The smallest absolute Gasteiger partial charge is 0.289 e. The molecular weight excluding hydrogens is 288 g/mol. The molecule has 0 amide bonds. The van der Waals surface area contributed by atoms with Gasteiger partial charge >= 0.3 is 0 Å². The van der Waals surface area contributed by atoms with Crippen LogP contribution in [0.5, 0.6) is 5.75 Å². The quantitative estimate of drug-likeness (QED) is 0.819. The van der Waals surface area contributed by atoms with Gasteiger partial charge in [0.25, 0.3) is 5.56 Å². The molecule has 4 nitrogen and oxygen atoms in total. The Kier molecular flexibility index (Phi) is 5.39. The van der Waals surface area contributed by atoms with Gasteiger partial charge in [-0.15, -0.1) is 0 Å². The minimum absolute atomic E-state index is 0.0914. The van der Waals surface area contributed by atoms with Crippen LogP contribution in [-0.2, 0) is 13.2 Å². The maximum Gasteiger partial charge on any atom is 0.289 e. The average molecular weight is 307 g/mol. The molecule has 0 fully saturated rings. The fourth-order valence-electron chi connectivity index (χ4n) is 1.98. The molecule has 21 heavy (non-hydrogen) atoms. The molecule has 1 aromatic heterocycles. The lowest BCUT2D eigenvalue weighted by molar-refractivity contribution is 0.302. The molecule has 2 rings (SSSR count). The van der Waals surface area contributed by atoms with E-state index in [0.29, 0.717) is 18.9 Å². The van der Waals surface area contributed by atoms with Crippen molar-refractivity contribution in [2.75, 3.05) is 0 Å². The maximum atomic E-state index is 12.0. The molecule has 1 aromatic carbocycles. The SMILES string of the molecule is CCCCn1ncc(OCc2cccc(C)c2)c(Cl)c1=O. The fraction of sp³-hybridized carbons (Fsp3) is 0.375. The third-order valence-electron chi connectivity index (χ3n) is 3.15. The van der Waals surface area contributed by atoms with Gasteiger partial charge in [-0.05, 0) is 18.9 Å². The number of hydrogen-bond acceptors (Lipinski definition) is 3. The van der Waals surface area contributed by atoms with Crippen LogP contribution in [0.15, 0.2) is 35.3 Å². The Balaban J connectivity index is 2.10. The molecule has 0 aliphatic rings. The van der Waals surface area contributed by atoms with Crippen molar-refractivity contribution in [3.63, 3.8) is 0 Å². The first-order valence-corrected chi connectivity index (χ1v) is 7.43. The Hall–Kier alpha value is -1.81. The second kappa shape index (κ2) is 7.27. The van der Waals surface area contributed by atoms with Gasteiger partial charge in [0.15, 0.2) is 10.8 Å². The number of aromatic nitrogens is 2. The number of ether oxygens (including phenoxy) is 1. The lowest BCUT2D eigenvalue weighted by Crippen LogP contribution is -2.23. The first-order chi connectivity index (χ1) is 10.1. The Morgan fingerprint density at radius 2 is 2.19 bits per heavy atom. The molecule has 0 aliphatic carbocycles. The highest BCUT2D eigenvalue weighted by Crippen LogP contribution is 2.20. The normalized spacial score (nSPS) is 10.6. The van der Waals surface area contributed by atoms with Crippen LogP contribution < -0.4 is 10.3 Å². The summed E-state index contributed by atoms with van der Waals surface area (Å²) in [7, 11) is 0. The van der Waals surface area contributed by atoms with Crippen LogP contribution in [-0.4, -0.2) is 9.78 Å². The zero-order chi connectivity index (χ0) is 15.2. The summed E-state index contributed by atoms with van der Waals surface area (Å²) in [6.45, 7) is 5.02. The van der Waals surface area contributed by atoms with Crippen LogP contribution in [0.1, 0.15) is 30.9 Å². The molecule has 0 saturated heterocycles. The summed E-state index contributed by atoms with van der Waals surface area (Å²) in [5.41, 5.74) is 1.89. The number of unbranched alkanes of at least 4 members (excludes halogenated alkanes) is 1. The Morgan fingerprint density at radius 1 is 1.38 bits per heavy atom. The van der Waals surface area contributed by atoms with Crippen molar-refractivity contribution in [3.05, 3.63) is 57.0 Å². The minimum atomic E-state index is -0.299. The van der Waals surface area contributed by atoms with Gasteiger partial charge in [-0.25, -0.2) is 4.68 Å². The van der Waals surface area contributed by atoms with E-state index in [1.54, 1.807) is 0 Å². The van der Waals surface area contributed by atoms with E-state index in [4.69, 9.17) is 16.3 Å². The van der Waals surface area contributed by atoms with Crippen molar-refractivity contribution in [1.29, 1.82) is 0 Å². The number of benzene rings is 1. The van der Waals surface area contributed by atoms with Crippen LogP contribution in [0, 0.1) is 6.92 Å². The molecule has 2 aromatic rings. The molecular formula is C16H19ClN2O2. The zero-order valence-electron chi connectivity index (χ0n) is 12.3. The molecule has 0 spiro atoms. The number of hydrogen-bond donors (Lipinski definition) is 0. The van der Waals surface area contributed by atoms with E-state index < -0.39 is 0 Å². The largest absolute Gasteiger partial charge is 0.485 e. The number of nitrogens with zero attached hydrogens (tertiary/aromatic N) is 2. The Morgan fingerprint density at radius 3 is 2.90 bits per heavy atom. The molecule has 0 radical (unpaired) electrons. The van der Waals surface area contributed by atoms with Crippen molar-refractivity contribution < 1.29 is 4.74 Å². The summed E-state index contributed by atoms with van der Waals surface area (Å²) in [5, 5.41) is 4.19. The molecule has 0 saturated carbocycles. The van der Waals surface area contributed by atoms with Gasteiger partial charge < -0.3 is 4.74 Å². The van der Waals surface area contributed by atoms with E-state index in [9.17, 15) is 4.79 Å². The highest BCUT2D eigenvalue weighted by Gasteiger charge is 2.10. The number of halogens is 1. The zero-order valence-corrected chi connectivity index (χ0v) is 13.1. The van der Waals surface area contributed by atoms with E-state index in [0.717, 1.165) is 24.0 Å². The summed E-state index contributed by atoms with van der Waals surface area (Å²) in [6, 6.07) is 7.99. The van der Waals surface area contributed by atoms with Gasteiger partial charge in [0.05, 0.1) is 6.20 Å². The summed E-state index contributed by atoms with van der Waals surface area (Å²) in [6.07, 6.45) is 3.40. The Bertz CT molecular complexity index is 668. The van der Waals surface area contributed by atoms with Crippen LogP contribution in [0.2, 0.25) is 5.02 Å². The summed E-state index contributed by atoms with van der Waals surface area (Å²) < 4.78 is 6.99. The van der Waals surface area contributed by atoms with Gasteiger partial charge in [-0.2, -0.15) is 5.10 Å². The lowest BCUT2D eigenvalue weighted by Gasteiger charge is -2.10. The second-order valence-corrected chi connectivity index (χ2v) is 5.36.